The van der Waals surface area contributed by atoms with Crippen molar-refractivity contribution >= 4 is 39.2 Å². The lowest BCUT2D eigenvalue weighted by molar-refractivity contribution is -0.140. The van der Waals surface area contributed by atoms with Gasteiger partial charge in [0.2, 0.25) is 10.0 Å². The molecule has 0 aromatic heterocycles. The molecule has 1 heterocycles. The third kappa shape index (κ3) is 3.67. The maximum atomic E-state index is 13.0. The molecule has 0 amide bonds. The van der Waals surface area contributed by atoms with Crippen LogP contribution in [-0.4, -0.2) is 36.4 Å². The predicted molar refractivity (Wildman–Crippen MR) is 95.6 cm³/mol. The molecule has 5 nitrogen and oxygen atoms in total. The van der Waals surface area contributed by atoms with Gasteiger partial charge in [0.05, 0.1) is 4.90 Å². The largest absolute Gasteiger partial charge is 0.480 e. The summed E-state index contributed by atoms with van der Waals surface area (Å²) in [5, 5.41) is 9.86. The molecule has 25 heavy (non-hydrogen) atoms. The van der Waals surface area contributed by atoms with Gasteiger partial charge in [0.15, 0.2) is 0 Å². The lowest BCUT2D eigenvalue weighted by atomic mass is 9.96. The third-order valence-electron chi connectivity index (χ3n) is 4.25. The lowest BCUT2D eigenvalue weighted by Crippen LogP contribution is -2.40. The van der Waals surface area contributed by atoms with Crippen LogP contribution in [0.3, 0.4) is 0 Å². The first-order chi connectivity index (χ1) is 11.8. The van der Waals surface area contributed by atoms with E-state index in [1.54, 1.807) is 0 Å². The van der Waals surface area contributed by atoms with Gasteiger partial charge in [-0.25, -0.2) is 8.42 Å². The van der Waals surface area contributed by atoms with Gasteiger partial charge in [-0.05, 0) is 36.1 Å². The lowest BCUT2D eigenvalue weighted by Gasteiger charge is -2.21. The quantitative estimate of drug-likeness (QED) is 0.851. The van der Waals surface area contributed by atoms with E-state index in [4.69, 9.17) is 23.2 Å². The summed E-state index contributed by atoms with van der Waals surface area (Å²) in [6.07, 6.45) is 0.215. The van der Waals surface area contributed by atoms with E-state index in [2.05, 4.69) is 0 Å². The summed E-state index contributed by atoms with van der Waals surface area (Å²) < 4.78 is 27.0. The van der Waals surface area contributed by atoms with Gasteiger partial charge in [-0.3, -0.25) is 4.79 Å². The number of carboxylic acid groups (broad SMARTS) is 1. The highest BCUT2D eigenvalue weighted by Crippen LogP contribution is 2.36. The second kappa shape index (κ2) is 6.96. The number of benzene rings is 2. The fourth-order valence-electron chi connectivity index (χ4n) is 3.08. The zero-order valence-electron chi connectivity index (χ0n) is 13.0. The molecular formula is C17H15Cl2NO4S. The number of aliphatic carboxylic acids is 1. The van der Waals surface area contributed by atoms with Gasteiger partial charge in [-0.15, -0.1) is 0 Å². The van der Waals surface area contributed by atoms with Crippen LogP contribution in [0.25, 0.3) is 0 Å². The van der Waals surface area contributed by atoms with E-state index in [1.807, 2.05) is 30.3 Å². The van der Waals surface area contributed by atoms with Gasteiger partial charge < -0.3 is 5.11 Å². The Hall–Kier alpha value is -1.60. The summed E-state index contributed by atoms with van der Waals surface area (Å²) in [5.41, 5.74) is 0.913. The van der Waals surface area contributed by atoms with Crippen LogP contribution in [0.15, 0.2) is 53.4 Å². The number of carboxylic acids is 1. The number of rotatable bonds is 4. The molecule has 2 atom stereocenters. The maximum Gasteiger partial charge on any atom is 0.322 e. The number of carbonyl (C=O) groups is 1. The molecular weight excluding hydrogens is 385 g/mol. The highest BCUT2D eigenvalue weighted by molar-refractivity contribution is 7.89. The van der Waals surface area contributed by atoms with Gasteiger partial charge in [0.1, 0.15) is 6.04 Å². The van der Waals surface area contributed by atoms with Gasteiger partial charge in [-0.1, -0.05) is 53.5 Å². The highest BCUT2D eigenvalue weighted by Gasteiger charge is 2.44. The second-order valence-electron chi connectivity index (χ2n) is 5.88. The monoisotopic (exact) mass is 399 g/mol. The van der Waals surface area contributed by atoms with Crippen LogP contribution in [0.1, 0.15) is 17.9 Å². The maximum absolute atomic E-state index is 13.0. The number of sulfonamides is 1. The van der Waals surface area contributed by atoms with Crippen molar-refractivity contribution in [3.05, 3.63) is 64.1 Å². The minimum Gasteiger partial charge on any atom is -0.480 e. The zero-order valence-corrected chi connectivity index (χ0v) is 15.3. The van der Waals surface area contributed by atoms with Crippen molar-refractivity contribution in [2.45, 2.75) is 23.3 Å². The van der Waals surface area contributed by atoms with Gasteiger partial charge in [0.25, 0.3) is 0 Å². The van der Waals surface area contributed by atoms with Crippen LogP contribution in [0, 0.1) is 0 Å². The van der Waals surface area contributed by atoms with Crippen LogP contribution in [-0.2, 0) is 14.8 Å². The summed E-state index contributed by atoms with van der Waals surface area (Å²) in [7, 11) is -4.04. The minimum atomic E-state index is -4.04. The Morgan fingerprint density at radius 3 is 2.24 bits per heavy atom. The molecule has 1 unspecified atom stereocenters. The van der Waals surface area contributed by atoms with E-state index in [-0.39, 0.29) is 33.8 Å². The van der Waals surface area contributed by atoms with Crippen LogP contribution >= 0.6 is 23.2 Å². The molecule has 1 N–H and O–H groups in total. The third-order valence-corrected chi connectivity index (χ3v) is 6.54. The van der Waals surface area contributed by atoms with Crippen molar-refractivity contribution in [1.29, 1.82) is 0 Å². The van der Waals surface area contributed by atoms with Gasteiger partial charge in [0, 0.05) is 16.6 Å². The standard InChI is InChI=1S/C17H15Cl2NO4S/c18-13-7-14(19)9-15(8-13)25(23,24)20-10-12(6-16(20)17(21)22)11-4-2-1-3-5-11/h1-5,7-9,12,16H,6,10H2,(H,21,22)/t12-,16?/m0/s1. The van der Waals surface area contributed by atoms with Crippen molar-refractivity contribution in [1.82, 2.24) is 4.31 Å². The minimum absolute atomic E-state index is 0.0907. The zero-order chi connectivity index (χ0) is 18.2. The number of hydrogen-bond acceptors (Lipinski definition) is 3. The van der Waals surface area contributed by atoms with Crippen LogP contribution in [0.5, 0.6) is 0 Å². The first-order valence-corrected chi connectivity index (χ1v) is 9.74. The molecule has 0 saturated carbocycles. The number of halogens is 2. The fourth-order valence-corrected chi connectivity index (χ4v) is 5.44. The Morgan fingerprint density at radius 1 is 1.08 bits per heavy atom. The number of nitrogens with zero attached hydrogens (tertiary/aromatic N) is 1. The first-order valence-electron chi connectivity index (χ1n) is 7.54. The summed E-state index contributed by atoms with van der Waals surface area (Å²) in [6, 6.07) is 12.1. The second-order valence-corrected chi connectivity index (χ2v) is 8.64. The molecule has 3 rings (SSSR count). The van der Waals surface area contributed by atoms with E-state index in [0.717, 1.165) is 9.87 Å². The molecule has 1 saturated heterocycles. The summed E-state index contributed by atoms with van der Waals surface area (Å²) >= 11 is 11.8. The Labute approximate surface area is 155 Å². The molecule has 1 aliphatic heterocycles. The Morgan fingerprint density at radius 2 is 1.68 bits per heavy atom. The van der Waals surface area contributed by atoms with Crippen LogP contribution in [0.2, 0.25) is 10.0 Å². The molecule has 132 valence electrons. The molecule has 2 aromatic rings. The average molecular weight is 400 g/mol. The van der Waals surface area contributed by atoms with E-state index < -0.39 is 22.0 Å². The number of hydrogen-bond donors (Lipinski definition) is 1. The van der Waals surface area contributed by atoms with Gasteiger partial charge in [-0.2, -0.15) is 4.31 Å². The Bertz CT molecular complexity index is 882. The van der Waals surface area contributed by atoms with Crippen molar-refractivity contribution in [3.8, 4) is 0 Å². The van der Waals surface area contributed by atoms with E-state index >= 15 is 0 Å². The SMILES string of the molecule is O=C(O)C1C[C@H](c2ccccc2)CN1S(=O)(=O)c1cc(Cl)cc(Cl)c1. The van der Waals surface area contributed by atoms with Crippen molar-refractivity contribution in [3.63, 3.8) is 0 Å². The van der Waals surface area contributed by atoms with Crippen molar-refractivity contribution < 1.29 is 18.3 Å². The molecule has 0 bridgehead atoms. The molecule has 2 aromatic carbocycles. The first kappa shape index (κ1) is 18.2. The normalized spacial score (nSPS) is 21.4. The summed E-state index contributed by atoms with van der Waals surface area (Å²) in [6.45, 7) is 0.0907. The highest BCUT2D eigenvalue weighted by atomic mass is 35.5. The molecule has 0 radical (unpaired) electrons. The van der Waals surface area contributed by atoms with E-state index in [0.29, 0.717) is 0 Å². The van der Waals surface area contributed by atoms with Gasteiger partial charge >= 0.3 is 5.97 Å². The molecule has 1 aliphatic rings. The smallest absolute Gasteiger partial charge is 0.322 e. The van der Waals surface area contributed by atoms with Crippen LogP contribution < -0.4 is 0 Å². The van der Waals surface area contributed by atoms with E-state index in [9.17, 15) is 18.3 Å². The average Bonchev–Trinajstić information content (AvgIpc) is 3.01. The summed E-state index contributed by atoms with van der Waals surface area (Å²) in [4.78, 5) is 11.5. The molecule has 0 aliphatic carbocycles. The molecule has 1 fully saturated rings. The van der Waals surface area contributed by atoms with Crippen LogP contribution in [0.4, 0.5) is 0 Å². The summed E-state index contributed by atoms with van der Waals surface area (Å²) in [5.74, 6) is -1.36. The van der Waals surface area contributed by atoms with Crippen molar-refractivity contribution in [2.75, 3.05) is 6.54 Å². The Balaban J connectivity index is 1.99. The molecule has 0 spiro atoms. The predicted octanol–water partition coefficient (Wildman–Crippen LogP) is 3.62. The molecule has 8 heteroatoms. The van der Waals surface area contributed by atoms with Crippen molar-refractivity contribution in [2.24, 2.45) is 0 Å². The fraction of sp³-hybridized carbons (Fsp3) is 0.235. The topological polar surface area (TPSA) is 74.7 Å². The Kier molecular flexibility index (Phi) is 5.06. The van der Waals surface area contributed by atoms with E-state index in [1.165, 1.54) is 18.2 Å².